The zero-order valence-electron chi connectivity index (χ0n) is 21.0. The molecule has 6 rings (SSSR count). The van der Waals surface area contributed by atoms with Crippen LogP contribution in [-0.2, 0) is 5.41 Å². The van der Waals surface area contributed by atoms with E-state index < -0.39 is 6.10 Å². The Labute approximate surface area is 213 Å². The molecule has 0 radical (unpaired) electrons. The molecular formula is C31H36N2O3. The topological polar surface area (TPSA) is 64.0 Å². The van der Waals surface area contributed by atoms with Gasteiger partial charge < -0.3 is 20.0 Å². The number of amides is 1. The van der Waals surface area contributed by atoms with Gasteiger partial charge in [0, 0.05) is 43.1 Å². The molecule has 1 unspecified atom stereocenters. The lowest BCUT2D eigenvalue weighted by Crippen LogP contribution is -2.61. The molecule has 5 heteroatoms. The molecule has 2 N–H and O–H groups in total. The Morgan fingerprint density at radius 3 is 2.64 bits per heavy atom. The van der Waals surface area contributed by atoms with Gasteiger partial charge in [-0.05, 0) is 85.2 Å². The van der Waals surface area contributed by atoms with Crippen molar-refractivity contribution in [2.75, 3.05) is 26.7 Å². The minimum absolute atomic E-state index is 0.00590. The average Bonchev–Trinajstić information content (AvgIpc) is 3.72. The number of phenols is 1. The first-order valence-electron chi connectivity index (χ1n) is 13.4. The first-order valence-corrected chi connectivity index (χ1v) is 13.4. The van der Waals surface area contributed by atoms with E-state index in [4.69, 9.17) is 0 Å². The number of nitrogens with zero attached hydrogens (tertiary/aromatic N) is 2. The number of hydrogen-bond acceptors (Lipinski definition) is 4. The van der Waals surface area contributed by atoms with Crippen molar-refractivity contribution in [3.63, 3.8) is 0 Å². The summed E-state index contributed by atoms with van der Waals surface area (Å²) in [5.41, 5.74) is 1.51. The first-order chi connectivity index (χ1) is 17.4. The van der Waals surface area contributed by atoms with Crippen molar-refractivity contribution in [2.24, 2.45) is 11.8 Å². The molecule has 2 aliphatic carbocycles. The minimum Gasteiger partial charge on any atom is -0.508 e. The van der Waals surface area contributed by atoms with Crippen molar-refractivity contribution in [1.82, 2.24) is 9.80 Å². The lowest BCUT2D eigenvalue weighted by Gasteiger charge is -2.56. The van der Waals surface area contributed by atoms with Crippen LogP contribution in [0.1, 0.15) is 48.0 Å². The highest BCUT2D eigenvalue weighted by atomic mass is 16.3. The van der Waals surface area contributed by atoms with Gasteiger partial charge in [-0.3, -0.25) is 4.79 Å². The second-order valence-corrected chi connectivity index (χ2v) is 11.4. The molecule has 36 heavy (non-hydrogen) atoms. The molecule has 0 bridgehead atoms. The monoisotopic (exact) mass is 484 g/mol. The van der Waals surface area contributed by atoms with Crippen LogP contribution < -0.4 is 0 Å². The Morgan fingerprint density at radius 1 is 1.06 bits per heavy atom. The molecule has 0 spiro atoms. The number of carbonyl (C=O) groups is 1. The summed E-state index contributed by atoms with van der Waals surface area (Å²) in [5.74, 6) is 1.16. The fourth-order valence-corrected chi connectivity index (χ4v) is 6.89. The van der Waals surface area contributed by atoms with Crippen LogP contribution in [0.25, 0.3) is 10.8 Å². The molecule has 4 atom stereocenters. The number of aliphatic hydroxyl groups is 1. The summed E-state index contributed by atoms with van der Waals surface area (Å²) in [6.07, 6.45) is 4.46. The number of carbonyl (C=O) groups excluding carboxylic acids is 1. The van der Waals surface area contributed by atoms with Gasteiger partial charge in [-0.2, -0.15) is 0 Å². The van der Waals surface area contributed by atoms with E-state index in [9.17, 15) is 15.0 Å². The third kappa shape index (κ3) is 4.29. The highest BCUT2D eigenvalue weighted by Crippen LogP contribution is 2.51. The van der Waals surface area contributed by atoms with Gasteiger partial charge in [0.2, 0.25) is 0 Å². The number of piperidine rings is 1. The maximum absolute atomic E-state index is 13.6. The Bertz CT molecular complexity index is 1270. The Morgan fingerprint density at radius 2 is 1.86 bits per heavy atom. The highest BCUT2D eigenvalue weighted by Gasteiger charge is 2.53. The molecule has 188 valence electrons. The van der Waals surface area contributed by atoms with Crippen LogP contribution in [0.15, 0.2) is 66.7 Å². The van der Waals surface area contributed by atoms with Gasteiger partial charge in [-0.25, -0.2) is 0 Å². The van der Waals surface area contributed by atoms with E-state index in [1.165, 1.54) is 12.8 Å². The predicted molar refractivity (Wildman–Crippen MR) is 142 cm³/mol. The smallest absolute Gasteiger partial charge is 0.253 e. The van der Waals surface area contributed by atoms with Crippen LogP contribution in [-0.4, -0.2) is 64.7 Å². The summed E-state index contributed by atoms with van der Waals surface area (Å²) in [6.45, 7) is 3.00. The quantitative estimate of drug-likeness (QED) is 0.546. The van der Waals surface area contributed by atoms with Crippen LogP contribution in [0, 0.1) is 11.8 Å². The Kier molecular flexibility index (Phi) is 6.01. The standard InChI is InChI=1S/C31H36N2O3/c1-32(30(36)24-12-11-22-5-2-3-6-23(22)15-24)26-17-29(35)28-20-33(19-21-9-10-21)14-13-31(28,18-26)25-7-4-8-27(34)16-25/h2-8,11-12,15-16,21,26,28-29,34-35H,9-10,13-14,17-20H2,1H3/t26-,28+,29?,31+/m1/s1. The maximum atomic E-state index is 13.6. The van der Waals surface area contributed by atoms with Crippen molar-refractivity contribution in [1.29, 1.82) is 0 Å². The molecule has 1 saturated heterocycles. The Hall–Kier alpha value is -2.89. The van der Waals surface area contributed by atoms with E-state index in [1.807, 2.05) is 60.5 Å². The lowest BCUT2D eigenvalue weighted by molar-refractivity contribution is -0.0618. The SMILES string of the molecule is CN(C(=O)c1ccc2ccccc2c1)[C@@H]1CC(O)[C@@H]2CN(CC3CC3)CC[C@@]2(c2cccc(O)c2)C1. The molecule has 2 saturated carbocycles. The molecule has 1 amide bonds. The van der Waals surface area contributed by atoms with E-state index in [2.05, 4.69) is 17.0 Å². The van der Waals surface area contributed by atoms with Crippen molar-refractivity contribution in [3.05, 3.63) is 77.9 Å². The van der Waals surface area contributed by atoms with Crippen LogP contribution in [0.3, 0.4) is 0 Å². The van der Waals surface area contributed by atoms with Crippen LogP contribution in [0.5, 0.6) is 5.75 Å². The maximum Gasteiger partial charge on any atom is 0.253 e. The molecule has 3 aromatic rings. The molecule has 0 aromatic heterocycles. The predicted octanol–water partition coefficient (Wildman–Crippen LogP) is 4.81. The van der Waals surface area contributed by atoms with Gasteiger partial charge >= 0.3 is 0 Å². The largest absolute Gasteiger partial charge is 0.508 e. The van der Waals surface area contributed by atoms with Crippen LogP contribution in [0.4, 0.5) is 0 Å². The zero-order valence-corrected chi connectivity index (χ0v) is 21.0. The lowest BCUT2D eigenvalue weighted by atomic mass is 9.56. The van der Waals surface area contributed by atoms with Crippen LogP contribution >= 0.6 is 0 Å². The number of likely N-dealkylation sites (tertiary alicyclic amines) is 1. The second-order valence-electron chi connectivity index (χ2n) is 11.4. The van der Waals surface area contributed by atoms with Crippen molar-refractivity contribution in [3.8, 4) is 5.75 Å². The fourth-order valence-electron chi connectivity index (χ4n) is 6.89. The number of phenolic OH excluding ortho intramolecular Hbond substituents is 1. The molecule has 3 fully saturated rings. The number of benzene rings is 3. The molecule has 5 nitrogen and oxygen atoms in total. The molecule has 3 aliphatic rings. The van der Waals surface area contributed by atoms with E-state index in [1.54, 1.807) is 6.07 Å². The summed E-state index contributed by atoms with van der Waals surface area (Å²) >= 11 is 0. The number of hydrogen-bond donors (Lipinski definition) is 2. The minimum atomic E-state index is -0.500. The number of rotatable bonds is 5. The number of aromatic hydroxyl groups is 1. The van der Waals surface area contributed by atoms with Gasteiger partial charge in [0.1, 0.15) is 5.75 Å². The summed E-state index contributed by atoms with van der Waals surface area (Å²) in [6, 6.07) is 21.5. The molecular weight excluding hydrogens is 448 g/mol. The van der Waals surface area contributed by atoms with E-state index >= 15 is 0 Å². The molecule has 1 heterocycles. The average molecular weight is 485 g/mol. The van der Waals surface area contributed by atoms with E-state index in [0.29, 0.717) is 12.0 Å². The van der Waals surface area contributed by atoms with Gasteiger partial charge in [-0.15, -0.1) is 0 Å². The van der Waals surface area contributed by atoms with E-state index in [-0.39, 0.29) is 29.0 Å². The summed E-state index contributed by atoms with van der Waals surface area (Å²) in [7, 11) is 1.88. The molecule has 3 aromatic carbocycles. The molecule has 1 aliphatic heterocycles. The van der Waals surface area contributed by atoms with Crippen molar-refractivity contribution in [2.45, 2.75) is 49.7 Å². The normalized spacial score (nSPS) is 28.6. The third-order valence-corrected chi connectivity index (χ3v) is 9.12. The van der Waals surface area contributed by atoms with E-state index in [0.717, 1.165) is 54.7 Å². The Balaban J connectivity index is 1.30. The summed E-state index contributed by atoms with van der Waals surface area (Å²) < 4.78 is 0. The van der Waals surface area contributed by atoms with Crippen LogP contribution in [0.2, 0.25) is 0 Å². The first kappa shape index (κ1) is 23.5. The second kappa shape index (κ2) is 9.20. The van der Waals surface area contributed by atoms with Crippen molar-refractivity contribution >= 4 is 16.7 Å². The van der Waals surface area contributed by atoms with Gasteiger partial charge in [0.05, 0.1) is 6.10 Å². The number of fused-ring (bicyclic) bond motifs is 2. The highest BCUT2D eigenvalue weighted by molar-refractivity contribution is 5.98. The van der Waals surface area contributed by atoms with Gasteiger partial charge in [0.25, 0.3) is 5.91 Å². The van der Waals surface area contributed by atoms with Gasteiger partial charge in [0.15, 0.2) is 0 Å². The van der Waals surface area contributed by atoms with Gasteiger partial charge in [-0.1, -0.05) is 42.5 Å². The zero-order chi connectivity index (χ0) is 24.9. The van der Waals surface area contributed by atoms with Crippen molar-refractivity contribution < 1.29 is 15.0 Å². The summed E-state index contributed by atoms with van der Waals surface area (Å²) in [4.78, 5) is 18.0. The fraction of sp³-hybridized carbons (Fsp3) is 0.452. The number of aliphatic hydroxyl groups excluding tert-OH is 1. The third-order valence-electron chi connectivity index (χ3n) is 9.12. The summed E-state index contributed by atoms with van der Waals surface area (Å²) in [5, 5.41) is 24.1.